The Bertz CT molecular complexity index is 567. The first kappa shape index (κ1) is 12.5. The van der Waals surface area contributed by atoms with Gasteiger partial charge in [0.2, 0.25) is 5.89 Å². The topological polar surface area (TPSA) is 77.0 Å². The molecule has 18 heavy (non-hydrogen) atoms. The summed E-state index contributed by atoms with van der Waals surface area (Å²) in [7, 11) is 0. The van der Waals surface area contributed by atoms with E-state index in [2.05, 4.69) is 15.3 Å². The molecule has 5 nitrogen and oxygen atoms in total. The van der Waals surface area contributed by atoms with Gasteiger partial charge in [0.25, 0.3) is 0 Å². The molecule has 0 saturated carbocycles. The minimum absolute atomic E-state index is 0.0870. The van der Waals surface area contributed by atoms with Gasteiger partial charge in [0.15, 0.2) is 0 Å². The van der Waals surface area contributed by atoms with Crippen molar-refractivity contribution in [2.24, 2.45) is 5.73 Å². The Kier molecular flexibility index (Phi) is 3.57. The first-order valence-electron chi connectivity index (χ1n) is 5.50. The van der Waals surface area contributed by atoms with E-state index in [4.69, 9.17) is 22.4 Å². The smallest absolute Gasteiger partial charge is 0.216 e. The van der Waals surface area contributed by atoms with Gasteiger partial charge in [0.1, 0.15) is 16.8 Å². The second-order valence-electron chi connectivity index (χ2n) is 3.96. The van der Waals surface area contributed by atoms with Crippen LogP contribution in [0.15, 0.2) is 29.1 Å². The molecule has 2 aromatic rings. The molecular weight excluding hydrogens is 248 g/mol. The Hall–Kier alpha value is -1.95. The molecular formula is C12H14N4OS. The Morgan fingerprint density at radius 2 is 2.28 bits per heavy atom. The number of aryl methyl sites for hydroxylation is 1. The molecule has 0 spiro atoms. The molecule has 2 aromatic heterocycles. The van der Waals surface area contributed by atoms with Crippen LogP contribution in [0.5, 0.6) is 0 Å². The van der Waals surface area contributed by atoms with Crippen LogP contribution in [0.25, 0.3) is 0 Å². The molecule has 0 saturated heterocycles. The van der Waals surface area contributed by atoms with Crippen LogP contribution in [-0.4, -0.2) is 15.0 Å². The van der Waals surface area contributed by atoms with Gasteiger partial charge in [-0.25, -0.2) is 4.98 Å². The molecule has 0 aliphatic carbocycles. The maximum Gasteiger partial charge on any atom is 0.216 e. The van der Waals surface area contributed by atoms with Gasteiger partial charge >= 0.3 is 0 Å². The highest BCUT2D eigenvalue weighted by atomic mass is 32.1. The Morgan fingerprint density at radius 3 is 2.89 bits per heavy atom. The maximum absolute atomic E-state index is 5.66. The molecule has 0 radical (unpaired) electrons. The quantitative estimate of drug-likeness (QED) is 0.822. The minimum Gasteiger partial charge on any atom is -0.444 e. The molecule has 0 bridgehead atoms. The molecule has 0 aliphatic heterocycles. The highest BCUT2D eigenvalue weighted by Gasteiger charge is 2.13. The largest absolute Gasteiger partial charge is 0.444 e. The number of nitrogens with one attached hydrogen (secondary N) is 1. The maximum atomic E-state index is 5.66. The van der Waals surface area contributed by atoms with Gasteiger partial charge in [-0.1, -0.05) is 12.2 Å². The molecule has 0 aliphatic rings. The second-order valence-corrected chi connectivity index (χ2v) is 4.40. The Balaban J connectivity index is 2.21. The molecule has 2 heterocycles. The molecule has 2 rings (SSSR count). The van der Waals surface area contributed by atoms with Crippen LogP contribution < -0.4 is 11.1 Å². The summed E-state index contributed by atoms with van der Waals surface area (Å²) in [6.07, 6.45) is 5.02. The highest BCUT2D eigenvalue weighted by Crippen LogP contribution is 2.21. The highest BCUT2D eigenvalue weighted by molar-refractivity contribution is 7.80. The van der Waals surface area contributed by atoms with Crippen molar-refractivity contribution in [1.82, 2.24) is 9.97 Å². The first-order chi connectivity index (χ1) is 8.58. The van der Waals surface area contributed by atoms with Crippen LogP contribution >= 0.6 is 12.2 Å². The third-order valence-corrected chi connectivity index (χ3v) is 2.69. The van der Waals surface area contributed by atoms with Gasteiger partial charge in [0.05, 0.1) is 18.1 Å². The van der Waals surface area contributed by atoms with E-state index in [9.17, 15) is 0 Å². The fraction of sp³-hybridized carbons (Fsp3) is 0.250. The summed E-state index contributed by atoms with van der Waals surface area (Å²) < 4.78 is 5.46. The lowest BCUT2D eigenvalue weighted by Crippen LogP contribution is -2.15. The van der Waals surface area contributed by atoms with Gasteiger partial charge in [0, 0.05) is 11.8 Å². The number of aromatic nitrogens is 2. The van der Waals surface area contributed by atoms with E-state index in [-0.39, 0.29) is 6.04 Å². The van der Waals surface area contributed by atoms with Crippen molar-refractivity contribution in [2.75, 3.05) is 5.32 Å². The van der Waals surface area contributed by atoms with E-state index in [0.29, 0.717) is 10.9 Å². The van der Waals surface area contributed by atoms with Crippen LogP contribution in [0.4, 0.5) is 5.69 Å². The van der Waals surface area contributed by atoms with Crippen LogP contribution in [0.3, 0.4) is 0 Å². The van der Waals surface area contributed by atoms with E-state index in [0.717, 1.165) is 17.0 Å². The Morgan fingerprint density at radius 1 is 1.50 bits per heavy atom. The van der Waals surface area contributed by atoms with Gasteiger partial charge in [-0.3, -0.25) is 4.98 Å². The summed E-state index contributed by atoms with van der Waals surface area (Å²) in [4.78, 5) is 8.55. The second kappa shape index (κ2) is 5.14. The van der Waals surface area contributed by atoms with Crippen LogP contribution in [0.2, 0.25) is 0 Å². The first-order valence-corrected chi connectivity index (χ1v) is 5.91. The van der Waals surface area contributed by atoms with Crippen molar-refractivity contribution < 1.29 is 4.42 Å². The summed E-state index contributed by atoms with van der Waals surface area (Å²) in [6, 6.07) is 1.69. The third kappa shape index (κ3) is 2.65. The summed E-state index contributed by atoms with van der Waals surface area (Å²) in [5, 5.41) is 3.24. The van der Waals surface area contributed by atoms with Crippen molar-refractivity contribution in [2.45, 2.75) is 19.9 Å². The zero-order chi connectivity index (χ0) is 13.1. The summed E-state index contributed by atoms with van der Waals surface area (Å²) in [5.41, 5.74) is 7.19. The van der Waals surface area contributed by atoms with E-state index < -0.39 is 0 Å². The van der Waals surface area contributed by atoms with Crippen molar-refractivity contribution in [1.29, 1.82) is 0 Å². The predicted molar refractivity (Wildman–Crippen MR) is 73.4 cm³/mol. The van der Waals surface area contributed by atoms with Crippen LogP contribution in [0.1, 0.15) is 30.2 Å². The number of thiocarbonyl (C=S) groups is 1. The molecule has 6 heteroatoms. The third-order valence-electron chi connectivity index (χ3n) is 2.47. The van der Waals surface area contributed by atoms with Gasteiger partial charge in [-0.15, -0.1) is 0 Å². The number of nitrogens with zero attached hydrogens (tertiary/aromatic N) is 2. The fourth-order valence-electron chi connectivity index (χ4n) is 1.59. The lowest BCUT2D eigenvalue weighted by atomic mass is 10.2. The fourth-order valence-corrected chi connectivity index (χ4v) is 1.77. The zero-order valence-electron chi connectivity index (χ0n) is 10.2. The van der Waals surface area contributed by atoms with Crippen molar-refractivity contribution in [3.63, 3.8) is 0 Å². The lowest BCUT2D eigenvalue weighted by Gasteiger charge is -2.14. The molecule has 0 aromatic carbocycles. The zero-order valence-corrected chi connectivity index (χ0v) is 11.0. The number of hydrogen-bond donors (Lipinski definition) is 2. The number of oxazole rings is 1. The van der Waals surface area contributed by atoms with E-state index >= 15 is 0 Å². The number of nitrogens with two attached hydrogens (primary N) is 1. The normalized spacial score (nSPS) is 12.1. The van der Waals surface area contributed by atoms with E-state index in [1.165, 1.54) is 0 Å². The van der Waals surface area contributed by atoms with Crippen LogP contribution in [0, 0.1) is 6.92 Å². The average molecular weight is 262 g/mol. The summed E-state index contributed by atoms with van der Waals surface area (Å²) in [6.45, 7) is 3.80. The molecule has 1 atom stereocenters. The summed E-state index contributed by atoms with van der Waals surface area (Å²) in [5.74, 6) is 1.39. The lowest BCUT2D eigenvalue weighted by molar-refractivity contribution is 0.453. The van der Waals surface area contributed by atoms with Crippen molar-refractivity contribution >= 4 is 22.9 Å². The van der Waals surface area contributed by atoms with E-state index in [1.54, 1.807) is 24.7 Å². The molecule has 3 N–H and O–H groups in total. The number of rotatable bonds is 4. The SMILES string of the molecule is Cc1cnc(C(C)Nc2cnccc2C(N)=S)o1. The molecule has 1 unspecified atom stereocenters. The molecule has 0 amide bonds. The van der Waals surface area contributed by atoms with Gasteiger partial charge < -0.3 is 15.5 Å². The van der Waals surface area contributed by atoms with E-state index in [1.807, 2.05) is 13.8 Å². The number of hydrogen-bond acceptors (Lipinski definition) is 5. The predicted octanol–water partition coefficient (Wildman–Crippen LogP) is 2.19. The monoisotopic (exact) mass is 262 g/mol. The molecule has 0 fully saturated rings. The van der Waals surface area contributed by atoms with Gasteiger partial charge in [-0.2, -0.15) is 0 Å². The minimum atomic E-state index is -0.0870. The van der Waals surface area contributed by atoms with Crippen LogP contribution in [-0.2, 0) is 0 Å². The number of pyridine rings is 1. The number of anilines is 1. The van der Waals surface area contributed by atoms with Crippen molar-refractivity contribution in [3.8, 4) is 0 Å². The average Bonchev–Trinajstić information content (AvgIpc) is 2.76. The van der Waals surface area contributed by atoms with Gasteiger partial charge in [-0.05, 0) is 19.9 Å². The summed E-state index contributed by atoms with van der Waals surface area (Å²) >= 11 is 4.99. The van der Waals surface area contributed by atoms with Crippen molar-refractivity contribution in [3.05, 3.63) is 41.9 Å². The Labute approximate surface area is 110 Å². The standard InChI is InChI=1S/C12H14N4OS/c1-7-5-15-12(17-7)8(2)16-10-6-14-4-3-9(10)11(13)18/h3-6,8,16H,1-2H3,(H2,13,18). The molecule has 94 valence electrons.